The largest absolute Gasteiger partial charge is 2.00 e. The molecule has 0 radical (unpaired) electrons. The standard InChI is InChI=1S/C9H16O4.Ba.2H/c1-4-5-9(6(2)3,7(10)11)8(12)13;;;/h6H,4-5H2,1-3H3,(H,10,11)(H,12,13);;;/q;+2;2*-1. The van der Waals surface area contributed by atoms with Crippen molar-refractivity contribution < 1.29 is 22.7 Å². The second kappa shape index (κ2) is 6.90. The van der Waals surface area contributed by atoms with E-state index in [1.807, 2.05) is 0 Å². The van der Waals surface area contributed by atoms with E-state index in [9.17, 15) is 9.59 Å². The summed E-state index contributed by atoms with van der Waals surface area (Å²) < 4.78 is 0. The summed E-state index contributed by atoms with van der Waals surface area (Å²) in [6.45, 7) is 5.03. The minimum Gasteiger partial charge on any atom is -1.00 e. The Balaban J connectivity index is -0.000000240. The maximum absolute atomic E-state index is 10.9. The van der Waals surface area contributed by atoms with Gasteiger partial charge in [-0.25, -0.2) is 0 Å². The number of hydrogen-bond acceptors (Lipinski definition) is 2. The van der Waals surface area contributed by atoms with Crippen molar-refractivity contribution in [3.63, 3.8) is 0 Å². The van der Waals surface area contributed by atoms with Gasteiger partial charge in [-0.2, -0.15) is 0 Å². The molecule has 0 bridgehead atoms. The molecular formula is C9H18BaO4. The molecule has 0 rings (SSSR count). The topological polar surface area (TPSA) is 74.6 Å². The summed E-state index contributed by atoms with van der Waals surface area (Å²) in [7, 11) is 0. The van der Waals surface area contributed by atoms with Crippen molar-refractivity contribution >= 4 is 60.8 Å². The number of carboxylic acids is 2. The van der Waals surface area contributed by atoms with Crippen molar-refractivity contribution in [1.29, 1.82) is 0 Å². The summed E-state index contributed by atoms with van der Waals surface area (Å²) >= 11 is 0. The van der Waals surface area contributed by atoms with Crippen LogP contribution in [0.2, 0.25) is 0 Å². The summed E-state index contributed by atoms with van der Waals surface area (Å²) in [6.07, 6.45) is 0.728. The van der Waals surface area contributed by atoms with Crippen LogP contribution in [0, 0.1) is 11.3 Å². The minimum absolute atomic E-state index is 0. The molecule has 5 heteroatoms. The molecule has 0 aromatic rings. The first-order chi connectivity index (χ1) is 5.89. The van der Waals surface area contributed by atoms with Crippen molar-refractivity contribution in [3.8, 4) is 0 Å². The smallest absolute Gasteiger partial charge is 1.00 e. The second-order valence-electron chi connectivity index (χ2n) is 3.49. The normalized spacial score (nSPS) is 10.9. The fraction of sp³-hybridized carbons (Fsp3) is 0.778. The number of hydrogen-bond donors (Lipinski definition) is 2. The molecule has 0 saturated carbocycles. The van der Waals surface area contributed by atoms with Crippen LogP contribution in [0.3, 0.4) is 0 Å². The fourth-order valence-corrected chi connectivity index (χ4v) is 1.48. The Hall–Kier alpha value is 0.511. The zero-order chi connectivity index (χ0) is 10.6. The predicted octanol–water partition coefficient (Wildman–Crippen LogP) is 1.44. The molecule has 0 amide bonds. The summed E-state index contributed by atoms with van der Waals surface area (Å²) in [6, 6.07) is 0. The van der Waals surface area contributed by atoms with Gasteiger partial charge in [-0.15, -0.1) is 0 Å². The third-order valence-electron chi connectivity index (χ3n) is 2.39. The molecule has 2 N–H and O–H groups in total. The molecule has 0 spiro atoms. The maximum Gasteiger partial charge on any atom is 2.00 e. The van der Waals surface area contributed by atoms with Crippen molar-refractivity contribution in [2.75, 3.05) is 0 Å². The number of aliphatic carboxylic acids is 2. The van der Waals surface area contributed by atoms with Crippen LogP contribution in [0.15, 0.2) is 0 Å². The second-order valence-corrected chi connectivity index (χ2v) is 3.49. The van der Waals surface area contributed by atoms with Crippen molar-refractivity contribution in [2.24, 2.45) is 11.3 Å². The average Bonchev–Trinajstić information content (AvgIpc) is 1.97. The Labute approximate surface area is 127 Å². The van der Waals surface area contributed by atoms with Gasteiger partial charge in [-0.3, -0.25) is 9.59 Å². The van der Waals surface area contributed by atoms with Crippen LogP contribution in [-0.4, -0.2) is 71.0 Å². The van der Waals surface area contributed by atoms with Gasteiger partial charge in [-0.1, -0.05) is 27.2 Å². The van der Waals surface area contributed by atoms with E-state index in [0.717, 1.165) is 0 Å². The van der Waals surface area contributed by atoms with Gasteiger partial charge in [0.25, 0.3) is 0 Å². The van der Waals surface area contributed by atoms with Gasteiger partial charge in [0.2, 0.25) is 0 Å². The molecule has 0 unspecified atom stereocenters. The first-order valence-electron chi connectivity index (χ1n) is 4.36. The average molecular weight is 328 g/mol. The van der Waals surface area contributed by atoms with Gasteiger partial charge >= 0.3 is 60.8 Å². The van der Waals surface area contributed by atoms with Crippen LogP contribution >= 0.6 is 0 Å². The summed E-state index contributed by atoms with van der Waals surface area (Å²) in [5.41, 5.74) is -1.62. The van der Waals surface area contributed by atoms with Gasteiger partial charge in [0.15, 0.2) is 5.41 Å². The molecule has 0 aliphatic heterocycles. The van der Waals surface area contributed by atoms with E-state index in [4.69, 9.17) is 10.2 Å². The molecule has 0 saturated heterocycles. The number of carbonyl (C=O) groups is 2. The molecule has 4 nitrogen and oxygen atoms in total. The van der Waals surface area contributed by atoms with Crippen LogP contribution < -0.4 is 0 Å². The van der Waals surface area contributed by atoms with Crippen molar-refractivity contribution in [2.45, 2.75) is 33.6 Å². The zero-order valence-corrected chi connectivity index (χ0v) is 13.4. The summed E-state index contributed by atoms with van der Waals surface area (Å²) in [5.74, 6) is -2.88. The van der Waals surface area contributed by atoms with E-state index in [1.165, 1.54) is 0 Å². The molecule has 0 fully saturated rings. The molecule has 0 aromatic heterocycles. The first kappa shape index (κ1) is 16.9. The molecule has 0 heterocycles. The molecular weight excluding hydrogens is 309 g/mol. The van der Waals surface area contributed by atoms with E-state index >= 15 is 0 Å². The summed E-state index contributed by atoms with van der Waals surface area (Å²) in [4.78, 5) is 21.8. The van der Waals surface area contributed by atoms with Crippen LogP contribution in [0.25, 0.3) is 0 Å². The van der Waals surface area contributed by atoms with Crippen LogP contribution in [0.1, 0.15) is 36.5 Å². The van der Waals surface area contributed by atoms with Gasteiger partial charge in [0.1, 0.15) is 0 Å². The predicted molar refractivity (Wildman–Crippen MR) is 55.4 cm³/mol. The third-order valence-corrected chi connectivity index (χ3v) is 2.39. The van der Waals surface area contributed by atoms with Gasteiger partial charge < -0.3 is 13.1 Å². The van der Waals surface area contributed by atoms with Gasteiger partial charge in [-0.05, 0) is 12.3 Å². The van der Waals surface area contributed by atoms with Crippen LogP contribution in [-0.2, 0) is 9.59 Å². The van der Waals surface area contributed by atoms with Gasteiger partial charge in [0, 0.05) is 0 Å². The fourth-order valence-electron chi connectivity index (χ4n) is 1.48. The van der Waals surface area contributed by atoms with E-state index in [-0.39, 0.29) is 58.2 Å². The molecule has 0 aliphatic rings. The Morgan fingerprint density at radius 3 is 1.71 bits per heavy atom. The Kier molecular flexibility index (Phi) is 8.34. The molecule has 80 valence electrons. The maximum atomic E-state index is 10.9. The molecule has 0 aliphatic carbocycles. The monoisotopic (exact) mass is 328 g/mol. The zero-order valence-electron chi connectivity index (χ0n) is 10.9. The summed E-state index contributed by atoms with van der Waals surface area (Å²) in [5, 5.41) is 17.8. The van der Waals surface area contributed by atoms with Crippen molar-refractivity contribution in [1.82, 2.24) is 0 Å². The molecule has 0 aromatic carbocycles. The van der Waals surface area contributed by atoms with Crippen LogP contribution in [0.5, 0.6) is 0 Å². The quantitative estimate of drug-likeness (QED) is 0.592. The van der Waals surface area contributed by atoms with E-state index in [1.54, 1.807) is 20.8 Å². The molecule has 0 atom stereocenters. The first-order valence-corrected chi connectivity index (χ1v) is 4.36. The van der Waals surface area contributed by atoms with Crippen LogP contribution in [0.4, 0.5) is 0 Å². The Morgan fingerprint density at radius 1 is 1.29 bits per heavy atom. The van der Waals surface area contributed by atoms with E-state index in [2.05, 4.69) is 0 Å². The van der Waals surface area contributed by atoms with E-state index < -0.39 is 23.3 Å². The number of rotatable bonds is 5. The minimum atomic E-state index is -1.62. The Morgan fingerprint density at radius 2 is 1.64 bits per heavy atom. The number of carboxylic acid groups (broad SMARTS) is 2. The van der Waals surface area contributed by atoms with Crippen molar-refractivity contribution in [3.05, 3.63) is 0 Å². The molecule has 14 heavy (non-hydrogen) atoms. The van der Waals surface area contributed by atoms with Gasteiger partial charge in [0.05, 0.1) is 0 Å². The Bertz CT molecular complexity index is 208. The van der Waals surface area contributed by atoms with E-state index in [0.29, 0.717) is 6.42 Å². The third kappa shape index (κ3) is 3.27. The SMILES string of the molecule is CCCC(C(=O)O)(C(=O)O)C(C)C.[Ba+2].[H-].[H-].